The molecule has 1 spiro atoms. The van der Waals surface area contributed by atoms with Crippen molar-refractivity contribution in [1.82, 2.24) is 0 Å². The maximum atomic E-state index is 13.1. The van der Waals surface area contributed by atoms with E-state index in [2.05, 4.69) is 0 Å². The van der Waals surface area contributed by atoms with Crippen LogP contribution in [0.3, 0.4) is 0 Å². The quantitative estimate of drug-likeness (QED) is 0.593. The maximum Gasteiger partial charge on any atom is 0.135 e. The summed E-state index contributed by atoms with van der Waals surface area (Å²) in [7, 11) is 0. The van der Waals surface area contributed by atoms with E-state index < -0.39 is 5.67 Å². The Labute approximate surface area is 60.2 Å². The summed E-state index contributed by atoms with van der Waals surface area (Å²) in [5.41, 5.74) is -0.849. The molecule has 0 heterocycles. The van der Waals surface area contributed by atoms with Crippen molar-refractivity contribution in [1.29, 1.82) is 0 Å². The summed E-state index contributed by atoms with van der Waals surface area (Å²) in [6.45, 7) is -0.269. The molecule has 2 fully saturated rings. The molecular formula is C8H13FO. The zero-order valence-electron chi connectivity index (χ0n) is 6.07. The van der Waals surface area contributed by atoms with Gasteiger partial charge in [0.2, 0.25) is 0 Å². The molecular weight excluding hydrogens is 131 g/mol. The number of hydrogen-bond donors (Lipinski definition) is 1. The topological polar surface area (TPSA) is 20.2 Å². The highest BCUT2D eigenvalue weighted by Gasteiger charge is 2.57. The second kappa shape index (κ2) is 1.73. The average Bonchev–Trinajstić information content (AvgIpc) is 1.77. The Morgan fingerprint density at radius 3 is 2.20 bits per heavy atom. The molecule has 1 N–H and O–H groups in total. The minimum absolute atomic E-state index is 0.269. The van der Waals surface area contributed by atoms with Crippen molar-refractivity contribution in [3.8, 4) is 0 Å². The van der Waals surface area contributed by atoms with Gasteiger partial charge in [-0.05, 0) is 31.1 Å². The van der Waals surface area contributed by atoms with Crippen molar-refractivity contribution >= 4 is 0 Å². The Balaban J connectivity index is 1.92. The Kier molecular flexibility index (Phi) is 1.14. The van der Waals surface area contributed by atoms with E-state index in [1.165, 1.54) is 19.3 Å². The first kappa shape index (κ1) is 6.59. The lowest BCUT2D eigenvalue weighted by Gasteiger charge is -2.56. The molecule has 2 aliphatic carbocycles. The first-order chi connectivity index (χ1) is 4.68. The van der Waals surface area contributed by atoms with Crippen LogP contribution >= 0.6 is 0 Å². The van der Waals surface area contributed by atoms with E-state index in [0.29, 0.717) is 18.3 Å². The van der Waals surface area contributed by atoms with Gasteiger partial charge in [-0.15, -0.1) is 0 Å². The largest absolute Gasteiger partial charge is 0.393 e. The van der Waals surface area contributed by atoms with E-state index in [1.807, 2.05) is 0 Å². The summed E-state index contributed by atoms with van der Waals surface area (Å²) in [4.78, 5) is 0. The van der Waals surface area contributed by atoms with Crippen molar-refractivity contribution in [3.63, 3.8) is 0 Å². The molecule has 2 saturated carbocycles. The second-order valence-corrected chi connectivity index (χ2v) is 4.02. The van der Waals surface area contributed by atoms with Gasteiger partial charge in [-0.2, -0.15) is 0 Å². The zero-order chi connectivity index (χ0) is 7.24. The number of halogens is 1. The van der Waals surface area contributed by atoms with Crippen LogP contribution in [0, 0.1) is 5.41 Å². The summed E-state index contributed by atoms with van der Waals surface area (Å²) in [5.74, 6) is 0. The van der Waals surface area contributed by atoms with Gasteiger partial charge in [0.15, 0.2) is 0 Å². The SMILES string of the molecule is OCC1(F)CC2(CCC2)C1. The lowest BCUT2D eigenvalue weighted by atomic mass is 9.51. The van der Waals surface area contributed by atoms with Gasteiger partial charge < -0.3 is 5.11 Å². The predicted octanol–water partition coefficient (Wildman–Crippen LogP) is 1.65. The third kappa shape index (κ3) is 0.715. The molecule has 0 aromatic heterocycles. The van der Waals surface area contributed by atoms with Crippen LogP contribution < -0.4 is 0 Å². The molecule has 1 nitrogen and oxygen atoms in total. The number of aliphatic hydroxyl groups is 1. The normalized spacial score (nSPS) is 33.0. The highest BCUT2D eigenvalue weighted by molar-refractivity contribution is 5.07. The van der Waals surface area contributed by atoms with Crippen molar-refractivity contribution in [2.45, 2.75) is 37.8 Å². The van der Waals surface area contributed by atoms with Gasteiger partial charge in [0.25, 0.3) is 0 Å². The van der Waals surface area contributed by atoms with E-state index in [9.17, 15) is 4.39 Å². The minimum atomic E-state index is -1.19. The maximum absolute atomic E-state index is 13.1. The third-order valence-electron chi connectivity index (χ3n) is 3.08. The summed E-state index contributed by atoms with van der Waals surface area (Å²) in [6, 6.07) is 0. The number of aliphatic hydroxyl groups excluding tert-OH is 1. The minimum Gasteiger partial charge on any atom is -0.393 e. The van der Waals surface area contributed by atoms with Crippen molar-refractivity contribution in [2.75, 3.05) is 6.61 Å². The van der Waals surface area contributed by atoms with Gasteiger partial charge in [-0.25, -0.2) is 4.39 Å². The van der Waals surface area contributed by atoms with Crippen LogP contribution in [0.5, 0.6) is 0 Å². The average molecular weight is 144 g/mol. The van der Waals surface area contributed by atoms with Crippen LogP contribution in [0.25, 0.3) is 0 Å². The smallest absolute Gasteiger partial charge is 0.135 e. The number of rotatable bonds is 1. The Bertz CT molecular complexity index is 136. The highest BCUT2D eigenvalue weighted by atomic mass is 19.1. The van der Waals surface area contributed by atoms with E-state index >= 15 is 0 Å². The standard InChI is InChI=1S/C8H13FO/c9-8(6-10)4-7(5-8)2-1-3-7/h10H,1-6H2. The summed E-state index contributed by atoms with van der Waals surface area (Å²) in [5, 5.41) is 8.62. The molecule has 0 saturated heterocycles. The number of alkyl halides is 1. The molecule has 0 aliphatic heterocycles. The van der Waals surface area contributed by atoms with E-state index in [4.69, 9.17) is 5.11 Å². The zero-order valence-corrected chi connectivity index (χ0v) is 6.07. The lowest BCUT2D eigenvalue weighted by Crippen LogP contribution is -2.54. The molecule has 2 aliphatic rings. The molecule has 0 radical (unpaired) electrons. The summed E-state index contributed by atoms with van der Waals surface area (Å²) in [6.07, 6.45) is 4.89. The van der Waals surface area contributed by atoms with Gasteiger partial charge >= 0.3 is 0 Å². The first-order valence-corrected chi connectivity index (χ1v) is 3.98. The van der Waals surface area contributed by atoms with Gasteiger partial charge in [0.1, 0.15) is 5.67 Å². The Hall–Kier alpha value is -0.110. The molecule has 0 bridgehead atoms. The van der Waals surface area contributed by atoms with Gasteiger partial charge in [0, 0.05) is 0 Å². The third-order valence-corrected chi connectivity index (χ3v) is 3.08. The summed E-state index contributed by atoms with van der Waals surface area (Å²) < 4.78 is 13.1. The molecule has 0 amide bonds. The van der Waals surface area contributed by atoms with E-state index in [-0.39, 0.29) is 6.61 Å². The van der Waals surface area contributed by atoms with Gasteiger partial charge in [-0.3, -0.25) is 0 Å². The Morgan fingerprint density at radius 1 is 1.30 bits per heavy atom. The fourth-order valence-electron chi connectivity index (χ4n) is 2.43. The molecule has 58 valence electrons. The lowest BCUT2D eigenvalue weighted by molar-refractivity contribution is -0.135. The fraction of sp³-hybridized carbons (Fsp3) is 1.00. The summed E-state index contributed by atoms with van der Waals surface area (Å²) >= 11 is 0. The highest BCUT2D eigenvalue weighted by Crippen LogP contribution is 2.61. The monoisotopic (exact) mass is 144 g/mol. The van der Waals surface area contributed by atoms with Crippen molar-refractivity contribution in [3.05, 3.63) is 0 Å². The molecule has 0 unspecified atom stereocenters. The van der Waals surface area contributed by atoms with E-state index in [0.717, 1.165) is 0 Å². The van der Waals surface area contributed by atoms with Crippen LogP contribution in [0.2, 0.25) is 0 Å². The molecule has 0 aromatic carbocycles. The Morgan fingerprint density at radius 2 is 1.90 bits per heavy atom. The van der Waals surface area contributed by atoms with Crippen LogP contribution in [-0.4, -0.2) is 17.4 Å². The van der Waals surface area contributed by atoms with Crippen LogP contribution in [0.15, 0.2) is 0 Å². The number of hydrogen-bond acceptors (Lipinski definition) is 1. The fourth-order valence-corrected chi connectivity index (χ4v) is 2.43. The molecule has 0 aromatic rings. The van der Waals surface area contributed by atoms with Crippen LogP contribution in [-0.2, 0) is 0 Å². The molecule has 2 rings (SSSR count). The van der Waals surface area contributed by atoms with Crippen LogP contribution in [0.1, 0.15) is 32.1 Å². The first-order valence-electron chi connectivity index (χ1n) is 3.98. The molecule has 0 atom stereocenters. The van der Waals surface area contributed by atoms with Gasteiger partial charge in [-0.1, -0.05) is 6.42 Å². The second-order valence-electron chi connectivity index (χ2n) is 4.02. The van der Waals surface area contributed by atoms with Crippen molar-refractivity contribution in [2.24, 2.45) is 5.41 Å². The van der Waals surface area contributed by atoms with Gasteiger partial charge in [0.05, 0.1) is 6.61 Å². The van der Waals surface area contributed by atoms with Crippen molar-refractivity contribution < 1.29 is 9.50 Å². The molecule has 10 heavy (non-hydrogen) atoms. The van der Waals surface area contributed by atoms with E-state index in [1.54, 1.807) is 0 Å². The predicted molar refractivity (Wildman–Crippen MR) is 36.4 cm³/mol. The van der Waals surface area contributed by atoms with Crippen LogP contribution in [0.4, 0.5) is 4.39 Å². The molecule has 2 heteroatoms.